The molecule has 1 aromatic heterocycles. The minimum atomic E-state index is 0.850. The lowest BCUT2D eigenvalue weighted by Gasteiger charge is -2.12. The van der Waals surface area contributed by atoms with Gasteiger partial charge in [0.25, 0.3) is 0 Å². The normalized spacial score (nSPS) is 13.3. The average Bonchev–Trinajstić information content (AvgIpc) is 2.93. The van der Waals surface area contributed by atoms with Gasteiger partial charge in [-0.15, -0.1) is 0 Å². The summed E-state index contributed by atoms with van der Waals surface area (Å²) in [5, 5.41) is 3.46. The summed E-state index contributed by atoms with van der Waals surface area (Å²) in [5.74, 6) is 3.90. The molecule has 1 aromatic carbocycles. The minimum Gasteiger partial charge on any atom is -0.370 e. The number of fused-ring (bicyclic) bond motifs is 1. The van der Waals surface area contributed by atoms with Crippen molar-refractivity contribution in [3.63, 3.8) is 0 Å². The van der Waals surface area contributed by atoms with Crippen LogP contribution in [0.5, 0.6) is 0 Å². The molecule has 0 bridgehead atoms. The first-order valence-electron chi connectivity index (χ1n) is 7.07. The maximum absolute atomic E-state index is 4.78. The minimum absolute atomic E-state index is 0.850. The van der Waals surface area contributed by atoms with Crippen molar-refractivity contribution in [3.05, 3.63) is 41.1 Å². The van der Waals surface area contributed by atoms with E-state index in [4.69, 9.17) is 9.97 Å². The van der Waals surface area contributed by atoms with Crippen LogP contribution < -0.4 is 5.32 Å². The van der Waals surface area contributed by atoms with Crippen LogP contribution in [-0.4, -0.2) is 16.5 Å². The van der Waals surface area contributed by atoms with Gasteiger partial charge in [0.1, 0.15) is 5.82 Å². The van der Waals surface area contributed by atoms with Gasteiger partial charge in [0.15, 0.2) is 5.82 Å². The third-order valence-electron chi connectivity index (χ3n) is 3.51. The first kappa shape index (κ1) is 13.4. The molecule has 0 aliphatic carbocycles. The van der Waals surface area contributed by atoms with Gasteiger partial charge < -0.3 is 5.32 Å². The van der Waals surface area contributed by atoms with Gasteiger partial charge in [-0.3, -0.25) is 0 Å². The maximum atomic E-state index is 4.78. The van der Waals surface area contributed by atoms with E-state index in [0.29, 0.717) is 0 Å². The van der Waals surface area contributed by atoms with Crippen LogP contribution in [0.15, 0.2) is 24.3 Å². The van der Waals surface area contributed by atoms with Gasteiger partial charge >= 0.3 is 0 Å². The first-order chi connectivity index (χ1) is 9.79. The van der Waals surface area contributed by atoms with E-state index in [-0.39, 0.29) is 0 Å². The highest BCUT2D eigenvalue weighted by Gasteiger charge is 2.20. The Labute approximate surface area is 124 Å². The summed E-state index contributed by atoms with van der Waals surface area (Å²) in [7, 11) is 0. The molecule has 104 valence electrons. The van der Waals surface area contributed by atoms with Crippen LogP contribution in [0.2, 0.25) is 0 Å². The summed E-state index contributed by atoms with van der Waals surface area (Å²) in [6.45, 7) is 5.24. The summed E-state index contributed by atoms with van der Waals surface area (Å²) in [5.41, 5.74) is 4.84. The largest absolute Gasteiger partial charge is 0.370 e. The average molecular weight is 285 g/mol. The molecular weight excluding hydrogens is 266 g/mol. The predicted octanol–water partition coefficient (Wildman–Crippen LogP) is 4.02. The van der Waals surface area contributed by atoms with E-state index < -0.39 is 0 Å². The number of hydrogen-bond donors (Lipinski definition) is 1. The second-order valence-corrected chi connectivity index (χ2v) is 6.04. The zero-order valence-electron chi connectivity index (χ0n) is 11.9. The molecule has 0 radical (unpaired) electrons. The molecule has 2 aromatic rings. The molecule has 0 fully saturated rings. The SMILES string of the molecule is CCCNc1nc(-c2ccccc2C)nc2c1CSC2. The zero-order valence-corrected chi connectivity index (χ0v) is 12.8. The van der Waals surface area contributed by atoms with Crippen molar-refractivity contribution in [3.8, 4) is 11.4 Å². The highest BCUT2D eigenvalue weighted by molar-refractivity contribution is 7.98. The van der Waals surface area contributed by atoms with E-state index >= 15 is 0 Å². The monoisotopic (exact) mass is 285 g/mol. The van der Waals surface area contributed by atoms with Crippen molar-refractivity contribution in [2.45, 2.75) is 31.8 Å². The number of benzene rings is 1. The highest BCUT2D eigenvalue weighted by atomic mass is 32.2. The zero-order chi connectivity index (χ0) is 13.9. The van der Waals surface area contributed by atoms with E-state index in [9.17, 15) is 0 Å². The van der Waals surface area contributed by atoms with Crippen molar-refractivity contribution >= 4 is 17.6 Å². The molecule has 2 heterocycles. The van der Waals surface area contributed by atoms with E-state index in [1.807, 2.05) is 17.8 Å². The van der Waals surface area contributed by atoms with E-state index in [2.05, 4.69) is 37.4 Å². The number of thioether (sulfide) groups is 1. The van der Waals surface area contributed by atoms with Gasteiger partial charge in [-0.1, -0.05) is 31.2 Å². The smallest absolute Gasteiger partial charge is 0.162 e. The van der Waals surface area contributed by atoms with Gasteiger partial charge in [0.05, 0.1) is 5.69 Å². The number of nitrogens with zero attached hydrogens (tertiary/aromatic N) is 2. The molecular formula is C16H19N3S. The summed E-state index contributed by atoms with van der Waals surface area (Å²) in [4.78, 5) is 9.56. The van der Waals surface area contributed by atoms with Crippen molar-refractivity contribution in [1.82, 2.24) is 9.97 Å². The van der Waals surface area contributed by atoms with Gasteiger partial charge in [-0.2, -0.15) is 11.8 Å². The second-order valence-electron chi connectivity index (χ2n) is 5.06. The molecule has 0 unspecified atom stereocenters. The molecule has 0 amide bonds. The Kier molecular flexibility index (Phi) is 3.92. The van der Waals surface area contributed by atoms with Gasteiger partial charge in [0.2, 0.25) is 0 Å². The van der Waals surface area contributed by atoms with Crippen LogP contribution in [0.4, 0.5) is 5.82 Å². The first-order valence-corrected chi connectivity index (χ1v) is 8.22. The topological polar surface area (TPSA) is 37.8 Å². The van der Waals surface area contributed by atoms with Crippen LogP contribution >= 0.6 is 11.8 Å². The molecule has 1 N–H and O–H groups in total. The molecule has 1 aliphatic rings. The van der Waals surface area contributed by atoms with E-state index in [1.165, 1.54) is 16.8 Å². The van der Waals surface area contributed by atoms with E-state index in [1.54, 1.807) is 0 Å². The number of nitrogens with one attached hydrogen (secondary N) is 1. The second kappa shape index (κ2) is 5.83. The van der Waals surface area contributed by atoms with Crippen LogP contribution in [0.1, 0.15) is 30.2 Å². The van der Waals surface area contributed by atoms with Crippen LogP contribution in [-0.2, 0) is 11.5 Å². The number of aryl methyl sites for hydroxylation is 1. The molecule has 0 saturated carbocycles. The van der Waals surface area contributed by atoms with Crippen molar-refractivity contribution in [2.75, 3.05) is 11.9 Å². The van der Waals surface area contributed by atoms with Crippen molar-refractivity contribution in [1.29, 1.82) is 0 Å². The lowest BCUT2D eigenvalue weighted by Crippen LogP contribution is -2.08. The summed E-state index contributed by atoms with van der Waals surface area (Å²) in [6, 6.07) is 8.31. The van der Waals surface area contributed by atoms with Gasteiger partial charge in [-0.05, 0) is 18.9 Å². The lowest BCUT2D eigenvalue weighted by atomic mass is 10.1. The third kappa shape index (κ3) is 2.52. The Morgan fingerprint density at radius 1 is 1.20 bits per heavy atom. The van der Waals surface area contributed by atoms with Crippen LogP contribution in [0.25, 0.3) is 11.4 Å². The summed E-state index contributed by atoms with van der Waals surface area (Å²) in [6.07, 6.45) is 1.10. The fourth-order valence-corrected chi connectivity index (χ4v) is 3.43. The fraction of sp³-hybridized carbons (Fsp3) is 0.375. The van der Waals surface area contributed by atoms with Crippen LogP contribution in [0, 0.1) is 6.92 Å². The summed E-state index contributed by atoms with van der Waals surface area (Å²) >= 11 is 1.92. The molecule has 4 heteroatoms. The van der Waals surface area contributed by atoms with Gasteiger partial charge in [-0.25, -0.2) is 9.97 Å². The molecule has 20 heavy (non-hydrogen) atoms. The molecule has 3 rings (SSSR count). The quantitative estimate of drug-likeness (QED) is 0.920. The number of hydrogen-bond acceptors (Lipinski definition) is 4. The van der Waals surface area contributed by atoms with E-state index in [0.717, 1.165) is 41.7 Å². The fourth-order valence-electron chi connectivity index (χ4n) is 2.39. The number of aromatic nitrogens is 2. The standard InChI is InChI=1S/C16H19N3S/c1-3-8-17-15-13-9-20-10-14(13)18-16(19-15)12-7-5-4-6-11(12)2/h4-7H,3,8-10H2,1-2H3,(H,17,18,19). The molecule has 0 saturated heterocycles. The van der Waals surface area contributed by atoms with Crippen molar-refractivity contribution in [2.24, 2.45) is 0 Å². The molecule has 1 aliphatic heterocycles. The Morgan fingerprint density at radius 3 is 2.85 bits per heavy atom. The molecule has 0 atom stereocenters. The maximum Gasteiger partial charge on any atom is 0.162 e. The number of rotatable bonds is 4. The Morgan fingerprint density at radius 2 is 2.05 bits per heavy atom. The molecule has 3 nitrogen and oxygen atoms in total. The predicted molar refractivity (Wildman–Crippen MR) is 86.0 cm³/mol. The lowest BCUT2D eigenvalue weighted by molar-refractivity contribution is 0.955. The third-order valence-corrected chi connectivity index (χ3v) is 4.48. The highest BCUT2D eigenvalue weighted by Crippen LogP contribution is 2.34. The summed E-state index contributed by atoms with van der Waals surface area (Å²) < 4.78 is 0. The Balaban J connectivity index is 2.06. The van der Waals surface area contributed by atoms with Gasteiger partial charge in [0, 0.05) is 29.2 Å². The van der Waals surface area contributed by atoms with Crippen LogP contribution in [0.3, 0.4) is 0 Å². The van der Waals surface area contributed by atoms with Crippen molar-refractivity contribution < 1.29 is 0 Å². The Bertz CT molecular complexity index is 625. The Hall–Kier alpha value is -1.55. The number of anilines is 1. The molecule has 0 spiro atoms.